The number of carbonyl (C=O) groups excluding carboxylic acids is 1. The van der Waals surface area contributed by atoms with Gasteiger partial charge in [0.05, 0.1) is 11.3 Å². The van der Waals surface area contributed by atoms with E-state index in [1.807, 2.05) is 0 Å². The topological polar surface area (TPSA) is 63.5 Å². The third-order valence-electron chi connectivity index (χ3n) is 3.35. The van der Waals surface area contributed by atoms with Crippen LogP contribution in [0, 0.1) is 21.7 Å². The first-order valence-corrected chi connectivity index (χ1v) is 6.78. The molecule has 120 valence electrons. The van der Waals surface area contributed by atoms with Crippen LogP contribution in [0.5, 0.6) is 0 Å². The molecule has 0 fully saturated rings. The summed E-state index contributed by atoms with van der Waals surface area (Å²) in [5, 5.41) is 10.6. The van der Waals surface area contributed by atoms with Gasteiger partial charge < -0.3 is 4.90 Å². The summed E-state index contributed by atoms with van der Waals surface area (Å²) in [4.78, 5) is 23.5. The molecule has 1 amide bonds. The normalized spacial score (nSPS) is 10.4. The van der Waals surface area contributed by atoms with Crippen LogP contribution >= 0.6 is 0 Å². The molecular formula is C16H14F2N2O3. The van der Waals surface area contributed by atoms with Crippen molar-refractivity contribution >= 4 is 11.6 Å². The summed E-state index contributed by atoms with van der Waals surface area (Å²) in [7, 11) is 1.51. The fourth-order valence-corrected chi connectivity index (χ4v) is 2.04. The molecule has 0 unspecified atom stereocenters. The van der Waals surface area contributed by atoms with E-state index in [0.717, 1.165) is 12.1 Å². The van der Waals surface area contributed by atoms with E-state index in [9.17, 15) is 23.7 Å². The Morgan fingerprint density at radius 3 is 2.39 bits per heavy atom. The molecule has 2 rings (SSSR count). The first-order valence-electron chi connectivity index (χ1n) is 6.78. The van der Waals surface area contributed by atoms with Gasteiger partial charge in [0.25, 0.3) is 5.69 Å². The number of amides is 1. The van der Waals surface area contributed by atoms with Crippen molar-refractivity contribution in [3.63, 3.8) is 0 Å². The summed E-state index contributed by atoms with van der Waals surface area (Å²) in [5.74, 6) is -1.66. The van der Waals surface area contributed by atoms with Crippen LogP contribution in [0.15, 0.2) is 42.5 Å². The van der Waals surface area contributed by atoms with E-state index in [1.54, 1.807) is 0 Å². The lowest BCUT2D eigenvalue weighted by molar-refractivity contribution is -0.384. The van der Waals surface area contributed by atoms with Crippen LogP contribution in [-0.4, -0.2) is 22.8 Å². The number of halogens is 2. The second-order valence-electron chi connectivity index (χ2n) is 5.09. The van der Waals surface area contributed by atoms with E-state index in [0.29, 0.717) is 5.56 Å². The molecule has 0 radical (unpaired) electrons. The van der Waals surface area contributed by atoms with Crippen molar-refractivity contribution in [1.82, 2.24) is 4.90 Å². The Balaban J connectivity index is 2.00. The minimum atomic E-state index is -0.708. The van der Waals surface area contributed by atoms with Crippen molar-refractivity contribution in [3.8, 4) is 0 Å². The molecule has 7 heteroatoms. The lowest BCUT2D eigenvalue weighted by Gasteiger charge is -2.17. The number of benzene rings is 2. The average Bonchev–Trinajstić information content (AvgIpc) is 2.50. The van der Waals surface area contributed by atoms with Crippen molar-refractivity contribution < 1.29 is 18.5 Å². The Morgan fingerprint density at radius 2 is 1.83 bits per heavy atom. The molecule has 0 aromatic heterocycles. The Labute approximate surface area is 131 Å². The first kappa shape index (κ1) is 16.5. The minimum absolute atomic E-state index is 0.0118. The maximum atomic E-state index is 13.6. The van der Waals surface area contributed by atoms with Crippen molar-refractivity contribution in [2.24, 2.45) is 0 Å². The zero-order valence-corrected chi connectivity index (χ0v) is 12.3. The molecule has 0 aliphatic heterocycles. The Bertz CT molecular complexity index is 733. The van der Waals surface area contributed by atoms with Crippen LogP contribution in [0.25, 0.3) is 0 Å². The number of likely N-dealkylation sites (N-methyl/N-ethyl adjacent to an activating group) is 1. The second-order valence-corrected chi connectivity index (χ2v) is 5.09. The highest BCUT2D eigenvalue weighted by Gasteiger charge is 2.14. The number of rotatable bonds is 5. The molecule has 0 spiro atoms. The van der Waals surface area contributed by atoms with Gasteiger partial charge in [0.1, 0.15) is 11.6 Å². The van der Waals surface area contributed by atoms with Crippen molar-refractivity contribution in [1.29, 1.82) is 0 Å². The molecule has 0 atom stereocenters. The maximum absolute atomic E-state index is 13.6. The number of nitro groups is 1. The third-order valence-corrected chi connectivity index (χ3v) is 3.35. The van der Waals surface area contributed by atoms with Crippen LogP contribution in [0.2, 0.25) is 0 Å². The summed E-state index contributed by atoms with van der Waals surface area (Å²) in [6.07, 6.45) is 0.0390. The van der Waals surface area contributed by atoms with Gasteiger partial charge in [0.2, 0.25) is 5.91 Å². The summed E-state index contributed by atoms with van der Waals surface area (Å²) in [6.45, 7) is 0.0118. The quantitative estimate of drug-likeness (QED) is 0.628. The number of hydrogen-bond donors (Lipinski definition) is 0. The molecule has 0 N–H and O–H groups in total. The fraction of sp³-hybridized carbons (Fsp3) is 0.188. The molecule has 0 aliphatic rings. The van der Waals surface area contributed by atoms with Gasteiger partial charge in [-0.1, -0.05) is 18.2 Å². The predicted molar refractivity (Wildman–Crippen MR) is 79.6 cm³/mol. The fourth-order valence-electron chi connectivity index (χ4n) is 2.04. The van der Waals surface area contributed by atoms with E-state index >= 15 is 0 Å². The lowest BCUT2D eigenvalue weighted by atomic mass is 10.1. The van der Waals surface area contributed by atoms with E-state index in [2.05, 4.69) is 0 Å². The highest BCUT2D eigenvalue weighted by atomic mass is 19.1. The van der Waals surface area contributed by atoms with E-state index in [4.69, 9.17) is 0 Å². The predicted octanol–water partition coefficient (Wildman–Crippen LogP) is 3.07. The second kappa shape index (κ2) is 6.95. The molecular weight excluding hydrogens is 306 g/mol. The summed E-state index contributed by atoms with van der Waals surface area (Å²) in [5.41, 5.74) is 0.779. The first-order chi connectivity index (χ1) is 10.9. The highest BCUT2D eigenvalue weighted by Crippen LogP contribution is 2.15. The number of hydrogen-bond acceptors (Lipinski definition) is 3. The molecule has 2 aromatic carbocycles. The van der Waals surface area contributed by atoms with Crippen LogP contribution in [0.3, 0.4) is 0 Å². The van der Waals surface area contributed by atoms with Gasteiger partial charge in [0, 0.05) is 37.4 Å². The Kier molecular flexibility index (Phi) is 5.00. The van der Waals surface area contributed by atoms with E-state index in [1.165, 1.54) is 42.3 Å². The monoisotopic (exact) mass is 320 g/mol. The smallest absolute Gasteiger partial charge is 0.269 e. The van der Waals surface area contributed by atoms with Crippen LogP contribution < -0.4 is 0 Å². The zero-order chi connectivity index (χ0) is 17.0. The molecule has 23 heavy (non-hydrogen) atoms. The summed E-state index contributed by atoms with van der Waals surface area (Å²) < 4.78 is 26.4. The summed E-state index contributed by atoms with van der Waals surface area (Å²) in [6, 6.07) is 8.84. The number of carbonyl (C=O) groups is 1. The van der Waals surface area contributed by atoms with Crippen molar-refractivity contribution in [2.75, 3.05) is 7.05 Å². The van der Waals surface area contributed by atoms with Crippen LogP contribution in [-0.2, 0) is 17.8 Å². The van der Waals surface area contributed by atoms with Gasteiger partial charge in [0.15, 0.2) is 0 Å². The maximum Gasteiger partial charge on any atom is 0.269 e. The molecule has 5 nitrogen and oxygen atoms in total. The number of non-ortho nitro benzene ring substituents is 1. The minimum Gasteiger partial charge on any atom is -0.341 e. The number of nitrogens with zero attached hydrogens (tertiary/aromatic N) is 2. The molecule has 0 bridgehead atoms. The van der Waals surface area contributed by atoms with Gasteiger partial charge in [-0.15, -0.1) is 0 Å². The molecule has 0 saturated carbocycles. The largest absolute Gasteiger partial charge is 0.341 e. The van der Waals surface area contributed by atoms with Gasteiger partial charge in [-0.25, -0.2) is 8.78 Å². The van der Waals surface area contributed by atoms with Gasteiger partial charge in [-0.3, -0.25) is 14.9 Å². The zero-order valence-electron chi connectivity index (χ0n) is 12.3. The SMILES string of the molecule is CN(Cc1ccc(F)cc1F)C(=O)Cc1ccc([N+](=O)[O-])cc1. The Hall–Kier alpha value is -2.83. The highest BCUT2D eigenvalue weighted by molar-refractivity contribution is 5.78. The molecule has 0 heterocycles. The standard InChI is InChI=1S/C16H14F2N2O3/c1-19(10-12-4-5-13(17)9-15(12)18)16(21)8-11-2-6-14(7-3-11)20(22)23/h2-7,9H,8,10H2,1H3. The van der Waals surface area contributed by atoms with E-state index in [-0.39, 0.29) is 30.1 Å². The van der Waals surface area contributed by atoms with Crippen LogP contribution in [0.1, 0.15) is 11.1 Å². The van der Waals surface area contributed by atoms with E-state index < -0.39 is 16.6 Å². The third kappa shape index (κ3) is 4.32. The molecule has 2 aromatic rings. The Morgan fingerprint density at radius 1 is 1.17 bits per heavy atom. The summed E-state index contributed by atoms with van der Waals surface area (Å²) >= 11 is 0. The van der Waals surface area contributed by atoms with Crippen molar-refractivity contribution in [2.45, 2.75) is 13.0 Å². The van der Waals surface area contributed by atoms with Crippen LogP contribution in [0.4, 0.5) is 14.5 Å². The number of nitro benzene ring substituents is 1. The van der Waals surface area contributed by atoms with Gasteiger partial charge in [-0.2, -0.15) is 0 Å². The van der Waals surface area contributed by atoms with Gasteiger partial charge >= 0.3 is 0 Å². The lowest BCUT2D eigenvalue weighted by Crippen LogP contribution is -2.28. The van der Waals surface area contributed by atoms with Gasteiger partial charge in [-0.05, 0) is 11.6 Å². The molecule has 0 saturated heterocycles. The van der Waals surface area contributed by atoms with Crippen molar-refractivity contribution in [3.05, 3.63) is 75.3 Å². The molecule has 0 aliphatic carbocycles. The average molecular weight is 320 g/mol.